The van der Waals surface area contributed by atoms with Gasteiger partial charge in [0.15, 0.2) is 0 Å². The van der Waals surface area contributed by atoms with Crippen molar-refractivity contribution in [1.82, 2.24) is 0 Å². The molecule has 1 aromatic rings. The molecule has 0 bridgehead atoms. The van der Waals surface area contributed by atoms with Gasteiger partial charge in [-0.1, -0.05) is 18.2 Å². The van der Waals surface area contributed by atoms with E-state index in [0.717, 1.165) is 5.56 Å². The van der Waals surface area contributed by atoms with E-state index in [1.807, 2.05) is 25.1 Å². The zero-order valence-corrected chi connectivity index (χ0v) is 6.47. The second-order valence-corrected chi connectivity index (χ2v) is 2.26. The summed E-state index contributed by atoms with van der Waals surface area (Å²) >= 11 is 0. The summed E-state index contributed by atoms with van der Waals surface area (Å²) in [7, 11) is -0.300. The zero-order valence-electron chi connectivity index (χ0n) is 5.57. The maximum Gasteiger partial charge on any atom is 0.395 e. The molecule has 0 amide bonds. The minimum absolute atomic E-state index is 0. The van der Waals surface area contributed by atoms with Gasteiger partial charge in [-0.15, -0.1) is 0 Å². The van der Waals surface area contributed by atoms with Crippen LogP contribution in [0.4, 0.5) is 0 Å². The van der Waals surface area contributed by atoms with Gasteiger partial charge in [0.2, 0.25) is 0 Å². The fraction of sp³-hybridized carbons (Fsp3) is 0.143. The van der Waals surface area contributed by atoms with E-state index in [1.165, 1.54) is 0 Å². The largest absolute Gasteiger partial charge is 0.407 e. The van der Waals surface area contributed by atoms with Crippen molar-refractivity contribution >= 4 is 31.7 Å². The van der Waals surface area contributed by atoms with Crippen LogP contribution in [-0.4, -0.2) is 23.1 Å². The first-order valence-corrected chi connectivity index (χ1v) is 3.63. The first-order valence-electron chi connectivity index (χ1n) is 2.90. The highest BCUT2D eigenvalue weighted by Crippen LogP contribution is 2.19. The van der Waals surface area contributed by atoms with Gasteiger partial charge in [-0.05, 0) is 18.6 Å². The molecule has 0 fully saturated rings. The lowest BCUT2D eigenvalue weighted by molar-refractivity contribution is 0.523. The van der Waals surface area contributed by atoms with Crippen LogP contribution in [0.5, 0.6) is 5.75 Å². The lowest BCUT2D eigenvalue weighted by Gasteiger charge is -1.98. The van der Waals surface area contributed by atoms with Crippen molar-refractivity contribution in [2.24, 2.45) is 0 Å². The minimum Gasteiger partial charge on any atom is -0.407 e. The normalized spacial score (nSPS) is 8.82. The zero-order chi connectivity index (χ0) is 7.40. The van der Waals surface area contributed by atoms with Gasteiger partial charge in [-0.3, -0.25) is 0 Å². The van der Waals surface area contributed by atoms with Crippen LogP contribution >= 0.6 is 8.69 Å². The Morgan fingerprint density at radius 2 is 2.00 bits per heavy atom. The predicted molar refractivity (Wildman–Crippen MR) is 48.0 cm³/mol. The third-order valence-corrected chi connectivity index (χ3v) is 1.50. The van der Waals surface area contributed by atoms with E-state index in [-0.39, 0.29) is 31.7 Å². The molecule has 0 saturated carbocycles. The number of rotatable bonds is 2. The third kappa shape index (κ3) is 3.19. The smallest absolute Gasteiger partial charge is 0.395 e. The van der Waals surface area contributed by atoms with E-state index in [2.05, 4.69) is 0 Å². The number of hydrogen-bond acceptors (Lipinski definition) is 2. The molecule has 0 aliphatic rings. The van der Waals surface area contributed by atoms with E-state index < -0.39 is 0 Å². The summed E-state index contributed by atoms with van der Waals surface area (Å²) in [5.74, 6) is 0.666. The molecule has 0 N–H and O–H groups in total. The van der Waals surface area contributed by atoms with Crippen LogP contribution in [0, 0.1) is 6.92 Å². The van der Waals surface area contributed by atoms with Crippen LogP contribution in [0.2, 0.25) is 0 Å². The fourth-order valence-electron chi connectivity index (χ4n) is 0.699. The number of hydrogen-bond donors (Lipinski definition) is 0. The van der Waals surface area contributed by atoms with Crippen LogP contribution in [0.15, 0.2) is 24.3 Å². The van der Waals surface area contributed by atoms with E-state index in [0.29, 0.717) is 5.75 Å². The molecule has 0 heterocycles. The van der Waals surface area contributed by atoms with Crippen molar-refractivity contribution in [3.05, 3.63) is 29.8 Å². The average Bonchev–Trinajstić information content (AvgIpc) is 1.94. The molecule has 0 saturated heterocycles. The lowest BCUT2D eigenvalue weighted by Crippen LogP contribution is -1.78. The van der Waals surface area contributed by atoms with E-state index in [9.17, 15) is 4.57 Å². The summed E-state index contributed by atoms with van der Waals surface area (Å²) in [5.41, 5.74) is 0.992. The van der Waals surface area contributed by atoms with Gasteiger partial charge in [0, 0.05) is 0 Å². The highest BCUT2D eigenvalue weighted by molar-refractivity contribution is 7.17. The molecule has 56 valence electrons. The van der Waals surface area contributed by atoms with Gasteiger partial charge in [0.25, 0.3) is 0 Å². The Morgan fingerprint density at radius 3 is 2.55 bits per heavy atom. The molecule has 1 aromatic carbocycles. The second-order valence-electron chi connectivity index (χ2n) is 1.93. The Morgan fingerprint density at radius 1 is 1.36 bits per heavy atom. The lowest BCUT2D eigenvalue weighted by atomic mass is 10.2. The molecule has 0 unspecified atom stereocenters. The quantitative estimate of drug-likeness (QED) is 0.511. The first-order chi connectivity index (χ1) is 4.84. The van der Waals surface area contributed by atoms with Gasteiger partial charge in [-0.25, -0.2) is 4.57 Å². The van der Waals surface area contributed by atoms with Gasteiger partial charge < -0.3 is 4.52 Å². The summed E-state index contributed by atoms with van der Waals surface area (Å²) in [6, 6.07) is 7.43. The topological polar surface area (TPSA) is 26.3 Å². The monoisotopic (exact) mass is 180 g/mol. The van der Waals surface area contributed by atoms with Crippen molar-refractivity contribution in [2.75, 3.05) is 0 Å². The van der Waals surface area contributed by atoms with Gasteiger partial charge >= 0.3 is 31.7 Å². The van der Waals surface area contributed by atoms with Crippen molar-refractivity contribution < 1.29 is 9.09 Å². The van der Waals surface area contributed by atoms with Crippen molar-refractivity contribution in [3.63, 3.8) is 0 Å². The first kappa shape index (κ1) is 10.9. The Hall–Kier alpha value is -0.114. The molecule has 0 aliphatic heterocycles. The molecule has 1 rings (SSSR count). The molecular formula is C7H9MgO2P. The van der Waals surface area contributed by atoms with Gasteiger partial charge in [0.1, 0.15) is 5.75 Å². The number of para-hydroxylation sites is 1. The average molecular weight is 180 g/mol. The van der Waals surface area contributed by atoms with E-state index >= 15 is 0 Å². The van der Waals surface area contributed by atoms with Crippen LogP contribution in [0.3, 0.4) is 0 Å². The third-order valence-electron chi connectivity index (χ3n) is 1.23. The number of benzene rings is 1. The fourth-order valence-corrected chi connectivity index (χ4v) is 0.984. The Bertz CT molecular complexity index is 240. The molecule has 11 heavy (non-hydrogen) atoms. The number of aryl methyl sites for hydroxylation is 1. The van der Waals surface area contributed by atoms with Gasteiger partial charge in [-0.2, -0.15) is 0 Å². The Balaban J connectivity index is 0.000001000. The molecule has 0 aromatic heterocycles. The van der Waals surface area contributed by atoms with Crippen molar-refractivity contribution in [1.29, 1.82) is 0 Å². The van der Waals surface area contributed by atoms with Crippen molar-refractivity contribution in [3.8, 4) is 5.75 Å². The molecule has 0 radical (unpaired) electrons. The van der Waals surface area contributed by atoms with Crippen molar-refractivity contribution in [2.45, 2.75) is 6.92 Å². The summed E-state index contributed by atoms with van der Waals surface area (Å²) in [6.07, 6.45) is 0. The van der Waals surface area contributed by atoms with Crippen LogP contribution in [0.25, 0.3) is 0 Å². The molecule has 0 spiro atoms. The summed E-state index contributed by atoms with van der Waals surface area (Å²) in [5, 5.41) is 0. The SMILES string of the molecule is Cc1ccccc1OP=O.[MgH2]. The summed E-state index contributed by atoms with van der Waals surface area (Å²) in [6.45, 7) is 1.90. The minimum atomic E-state index is -0.300. The van der Waals surface area contributed by atoms with E-state index in [1.54, 1.807) is 6.07 Å². The standard InChI is InChI=1S/C7H7O2P.Mg.2H/c1-6-4-2-3-5-7(6)9-10-8;;;/h2-5H,1H3;;;. The van der Waals surface area contributed by atoms with Crippen LogP contribution in [-0.2, 0) is 4.57 Å². The molecule has 4 heteroatoms. The molecular weight excluding hydrogens is 171 g/mol. The Labute approximate surface area is 83.4 Å². The maximum atomic E-state index is 10.0. The molecule has 0 atom stereocenters. The van der Waals surface area contributed by atoms with Gasteiger partial charge in [0.05, 0.1) is 0 Å². The molecule has 0 aliphatic carbocycles. The summed E-state index contributed by atoms with van der Waals surface area (Å²) < 4.78 is 14.8. The van der Waals surface area contributed by atoms with E-state index in [4.69, 9.17) is 4.52 Å². The maximum absolute atomic E-state index is 10.0. The predicted octanol–water partition coefficient (Wildman–Crippen LogP) is 1.66. The Kier molecular flexibility index (Phi) is 5.47. The molecule has 2 nitrogen and oxygen atoms in total. The van der Waals surface area contributed by atoms with Crippen LogP contribution in [0.1, 0.15) is 5.56 Å². The second kappa shape index (κ2) is 5.53. The highest BCUT2D eigenvalue weighted by atomic mass is 31.1. The summed E-state index contributed by atoms with van der Waals surface area (Å²) in [4.78, 5) is 0. The highest BCUT2D eigenvalue weighted by Gasteiger charge is 1.94. The van der Waals surface area contributed by atoms with Crippen LogP contribution < -0.4 is 4.52 Å².